The number of methoxy groups -OCH3 is 1. The maximum Gasteiger partial charge on any atom is 0.450 e. The van der Waals surface area contributed by atoms with Crippen molar-refractivity contribution in [1.29, 1.82) is 0 Å². The van der Waals surface area contributed by atoms with E-state index < -0.39 is 42.0 Å². The van der Waals surface area contributed by atoms with Crippen LogP contribution in [0.1, 0.15) is 33.1 Å². The number of rotatable bonds is 5. The minimum atomic E-state index is -5.00. The average Bonchev–Trinajstić information content (AvgIpc) is 3.65. The number of nitrogens with one attached hydrogen (secondary N) is 1. The number of nitrogens with zero attached hydrogens (tertiary/aromatic N) is 4. The van der Waals surface area contributed by atoms with Crippen LogP contribution >= 0.6 is 0 Å². The van der Waals surface area contributed by atoms with Crippen molar-refractivity contribution in [3.8, 4) is 11.4 Å². The number of hydrogen-bond donors (Lipinski definition) is 1. The van der Waals surface area contributed by atoms with E-state index in [2.05, 4.69) is 24.8 Å². The molecule has 7 rings (SSSR count). The van der Waals surface area contributed by atoms with Crippen molar-refractivity contribution < 1.29 is 45.5 Å². The molecule has 7 aromatic rings. The van der Waals surface area contributed by atoms with E-state index in [1.54, 1.807) is 54.9 Å². The number of benzene rings is 3. The van der Waals surface area contributed by atoms with Crippen molar-refractivity contribution in [2.24, 2.45) is 0 Å². The van der Waals surface area contributed by atoms with Crippen LogP contribution in [0.4, 0.5) is 26.3 Å². The number of hydrogen-bond acceptors (Lipinski definition) is 8. The highest BCUT2D eigenvalue weighted by Crippen LogP contribution is 2.32. The summed E-state index contributed by atoms with van der Waals surface area (Å²) in [6.07, 6.45) is -6.16. The van der Waals surface area contributed by atoms with E-state index in [1.807, 2.05) is 53.6 Å². The molecule has 1 N–H and O–H groups in total. The number of aromatic nitrogens is 5. The summed E-state index contributed by atoms with van der Waals surface area (Å²) in [4.78, 5) is 45.8. The van der Waals surface area contributed by atoms with Crippen molar-refractivity contribution in [1.82, 2.24) is 25.1 Å². The number of alkyl halides is 6. The van der Waals surface area contributed by atoms with Gasteiger partial charge in [0, 0.05) is 34.7 Å². The molecule has 3 aromatic carbocycles. The predicted octanol–water partition coefficient (Wildman–Crippen LogP) is 8.60. The average molecular weight is 718 g/mol. The topological polar surface area (TPSA) is 128 Å². The van der Waals surface area contributed by atoms with Crippen molar-refractivity contribution >= 4 is 49.9 Å². The molecule has 0 spiro atoms. The van der Waals surface area contributed by atoms with Gasteiger partial charge in [-0.1, -0.05) is 72.8 Å². The summed E-state index contributed by atoms with van der Waals surface area (Å²) in [6.45, 7) is 0. The lowest BCUT2D eigenvalue weighted by atomic mass is 10.0. The predicted molar refractivity (Wildman–Crippen MR) is 179 cm³/mol. The van der Waals surface area contributed by atoms with E-state index in [9.17, 15) is 40.7 Å². The Morgan fingerprint density at radius 3 is 1.65 bits per heavy atom. The third kappa shape index (κ3) is 8.61. The molecule has 0 saturated carbocycles. The third-order valence-electron chi connectivity index (χ3n) is 7.43. The molecule has 0 unspecified atom stereocenters. The van der Waals surface area contributed by atoms with Gasteiger partial charge in [-0.3, -0.25) is 24.7 Å². The molecule has 0 saturated heterocycles. The van der Waals surface area contributed by atoms with Crippen molar-refractivity contribution in [3.05, 3.63) is 133 Å². The minimum Gasteiger partial charge on any atom is -0.464 e. The lowest BCUT2D eigenvalue weighted by Crippen LogP contribution is -2.25. The highest BCUT2D eigenvalue weighted by Gasteiger charge is 2.39. The smallest absolute Gasteiger partial charge is 0.450 e. The number of pyridine rings is 3. The van der Waals surface area contributed by atoms with Gasteiger partial charge in [0.05, 0.1) is 19.2 Å². The molecule has 264 valence electrons. The largest absolute Gasteiger partial charge is 0.464 e. The van der Waals surface area contributed by atoms with Gasteiger partial charge in [0.25, 0.3) is 0 Å². The fraction of sp³-hybridized carbons (Fsp3) is 0.108. The lowest BCUT2D eigenvalue weighted by Gasteiger charge is -2.06. The lowest BCUT2D eigenvalue weighted by molar-refractivity contribution is -0.170. The van der Waals surface area contributed by atoms with Gasteiger partial charge in [0.1, 0.15) is 17.1 Å². The van der Waals surface area contributed by atoms with Gasteiger partial charge in [0.15, 0.2) is 11.5 Å². The molecule has 0 bridgehead atoms. The molecule has 52 heavy (non-hydrogen) atoms. The van der Waals surface area contributed by atoms with E-state index in [0.29, 0.717) is 22.2 Å². The summed E-state index contributed by atoms with van der Waals surface area (Å²) in [5, 5.41) is 10.3. The Hall–Kier alpha value is -6.51. The van der Waals surface area contributed by atoms with Crippen LogP contribution in [0.25, 0.3) is 43.7 Å². The number of aromatic amines is 1. The van der Waals surface area contributed by atoms with Crippen LogP contribution in [0, 0.1) is 0 Å². The number of carbonyl (C=O) groups excluding carboxylic acids is 3. The maximum atomic E-state index is 12.5. The van der Waals surface area contributed by atoms with Crippen LogP contribution in [-0.2, 0) is 15.7 Å². The van der Waals surface area contributed by atoms with Crippen LogP contribution in [0.5, 0.6) is 0 Å². The monoisotopic (exact) mass is 717 g/mol. The van der Waals surface area contributed by atoms with Crippen LogP contribution in [0.2, 0.25) is 0 Å². The van der Waals surface area contributed by atoms with E-state index in [1.165, 1.54) is 13.3 Å². The second-order valence-electron chi connectivity index (χ2n) is 10.8. The fourth-order valence-corrected chi connectivity index (χ4v) is 4.96. The molecule has 4 heterocycles. The number of ketones is 2. The summed E-state index contributed by atoms with van der Waals surface area (Å²) >= 11 is 0. The molecule has 0 aliphatic carbocycles. The van der Waals surface area contributed by atoms with E-state index >= 15 is 0 Å². The zero-order chi connectivity index (χ0) is 37.5. The Kier molecular flexibility index (Phi) is 11.0. The minimum absolute atomic E-state index is 0.115. The Bertz CT molecular complexity index is 2380. The first-order valence-electron chi connectivity index (χ1n) is 15.1. The quantitative estimate of drug-likeness (QED) is 0.0812. The molecule has 0 aliphatic heterocycles. The molecule has 15 heteroatoms. The summed E-state index contributed by atoms with van der Waals surface area (Å²) in [6, 6.07) is 27.9. The number of halogens is 6. The van der Waals surface area contributed by atoms with Crippen LogP contribution in [-0.4, -0.2) is 56.0 Å². The molecule has 4 aromatic heterocycles. The molecule has 0 aliphatic rings. The molecule has 0 amide bonds. The normalized spacial score (nSPS) is 11.3. The summed E-state index contributed by atoms with van der Waals surface area (Å²) in [5.41, 5.74) is -0.00694. The van der Waals surface area contributed by atoms with Crippen molar-refractivity contribution in [2.45, 2.75) is 18.8 Å². The highest BCUT2D eigenvalue weighted by atomic mass is 19.4. The van der Waals surface area contributed by atoms with Gasteiger partial charge < -0.3 is 4.74 Å². The van der Waals surface area contributed by atoms with Gasteiger partial charge in [-0.15, -0.1) is 0 Å². The van der Waals surface area contributed by atoms with Gasteiger partial charge >= 0.3 is 18.3 Å². The summed E-state index contributed by atoms with van der Waals surface area (Å²) in [5.74, 6) is -3.40. The first kappa shape index (κ1) is 36.8. The fourth-order valence-electron chi connectivity index (χ4n) is 4.96. The number of fused-ring (bicyclic) bond motifs is 3. The van der Waals surface area contributed by atoms with Crippen molar-refractivity contribution in [2.75, 3.05) is 7.11 Å². The zero-order valence-corrected chi connectivity index (χ0v) is 26.9. The van der Waals surface area contributed by atoms with Crippen LogP contribution in [0.3, 0.4) is 0 Å². The number of H-pyrrole nitrogens is 1. The molecular weight excluding hydrogens is 692 g/mol. The summed E-state index contributed by atoms with van der Waals surface area (Å²) in [7, 11) is 1.35. The van der Waals surface area contributed by atoms with Gasteiger partial charge in [0.2, 0.25) is 5.78 Å². The first-order valence-corrected chi connectivity index (χ1v) is 15.1. The Morgan fingerprint density at radius 2 is 1.13 bits per heavy atom. The molecule has 9 nitrogen and oxygen atoms in total. The van der Waals surface area contributed by atoms with Gasteiger partial charge in [-0.2, -0.15) is 31.4 Å². The first-order chi connectivity index (χ1) is 24.8. The Morgan fingerprint density at radius 1 is 0.654 bits per heavy atom. The van der Waals surface area contributed by atoms with Crippen LogP contribution in [0.15, 0.2) is 116 Å². The molecule has 0 radical (unpaired) electrons. The standard InChI is InChI=1S/C13H8F3N3.C13H8F3NO2.C11H9NO2/c14-13(15,16)11-7-10(18-19-11)12-9-4-2-1-3-8(9)5-6-17-12;14-13(15,16)11(19)7-10(18)12-9-4-2-1-3-8(9)5-6-17-12;1-14-11(13)10-9-5-3-2-4-8(9)6-7-12-10/h1-7H,(H,18,19);1-6H,7H2;2-7H,1H3. The zero-order valence-electron chi connectivity index (χ0n) is 26.9. The Balaban J connectivity index is 0.000000153. The molecule has 0 fully saturated rings. The van der Waals surface area contributed by atoms with E-state index in [-0.39, 0.29) is 11.4 Å². The second kappa shape index (κ2) is 15.6. The van der Waals surface area contributed by atoms with E-state index in [4.69, 9.17) is 0 Å². The third-order valence-corrected chi connectivity index (χ3v) is 7.43. The summed E-state index contributed by atoms with van der Waals surface area (Å²) < 4.78 is 78.6. The van der Waals surface area contributed by atoms with Gasteiger partial charge in [-0.25, -0.2) is 9.78 Å². The number of esters is 1. The van der Waals surface area contributed by atoms with E-state index in [0.717, 1.165) is 27.6 Å². The maximum absolute atomic E-state index is 12.5. The molecule has 0 atom stereocenters. The SMILES string of the molecule is COC(=O)c1nccc2ccccc12.FC(F)(F)c1cc(-c2nccc3ccccc23)n[nH]1.O=C(CC(=O)C(F)(F)F)c1nccc2ccccc12. The number of ether oxygens (including phenoxy) is 1. The molecular formula is C37H25F6N5O4. The van der Waals surface area contributed by atoms with Crippen LogP contribution < -0.4 is 0 Å². The van der Waals surface area contributed by atoms with Gasteiger partial charge in [-0.05, 0) is 40.4 Å². The second-order valence-corrected chi connectivity index (χ2v) is 10.8. The Labute approximate surface area is 290 Å². The van der Waals surface area contributed by atoms with Crippen molar-refractivity contribution in [3.63, 3.8) is 0 Å². The highest BCUT2D eigenvalue weighted by molar-refractivity contribution is 6.14. The number of carbonyl (C=O) groups is 3. The number of Topliss-reactive ketones (excluding diaryl/α,β-unsaturated/α-hetero) is 2.